The molecular weight excluding hydrogens is 502 g/mol. The van der Waals surface area contributed by atoms with E-state index in [9.17, 15) is 15.0 Å². The largest absolute Gasteiger partial charge is 0.506 e. The lowest BCUT2D eigenvalue weighted by Gasteiger charge is -2.26. The van der Waals surface area contributed by atoms with E-state index >= 15 is 0 Å². The number of benzene rings is 2. The Bertz CT molecular complexity index is 1110. The first-order valence-electron chi connectivity index (χ1n) is 9.67. The monoisotopic (exact) mass is 523 g/mol. The molecule has 4 N–H and O–H groups in total. The highest BCUT2D eigenvalue weighted by molar-refractivity contribution is 9.11. The Morgan fingerprint density at radius 3 is 2.93 bits per heavy atom. The van der Waals surface area contributed by atoms with E-state index in [2.05, 4.69) is 49.1 Å². The van der Waals surface area contributed by atoms with Crippen molar-refractivity contribution in [2.24, 2.45) is 0 Å². The molecule has 2 aromatic carbocycles. The van der Waals surface area contributed by atoms with Crippen molar-refractivity contribution in [2.45, 2.75) is 50.9 Å². The summed E-state index contributed by atoms with van der Waals surface area (Å²) < 4.78 is 3.30. The summed E-state index contributed by atoms with van der Waals surface area (Å²) in [6.45, 7) is 2.63. The molecule has 0 saturated heterocycles. The van der Waals surface area contributed by atoms with Crippen LogP contribution < -0.4 is 11.0 Å². The number of phenolic OH excluding ortho intramolecular Hbond substituents is 1. The molecule has 0 bridgehead atoms. The summed E-state index contributed by atoms with van der Waals surface area (Å²) in [6.07, 6.45) is 1.46. The van der Waals surface area contributed by atoms with Crippen molar-refractivity contribution in [1.29, 1.82) is 0 Å². The SMILES string of the molecule is CC(CCc1cc(Br)cc(Br)c1O)N[C@@H]1CCn2c(=O)[nH]c3cccc(c32)[C@H]1O. The lowest BCUT2D eigenvalue weighted by atomic mass is 9.98. The van der Waals surface area contributed by atoms with Crippen LogP contribution in [-0.2, 0) is 13.0 Å². The molecule has 0 aliphatic carbocycles. The molecule has 8 heteroatoms. The molecular formula is C21H23Br2N3O3. The number of halogens is 2. The number of hydrogen-bond donors (Lipinski definition) is 4. The Labute approximate surface area is 185 Å². The minimum Gasteiger partial charge on any atom is -0.506 e. The smallest absolute Gasteiger partial charge is 0.326 e. The minimum atomic E-state index is -0.696. The van der Waals surface area contributed by atoms with Crippen molar-refractivity contribution in [3.8, 4) is 5.75 Å². The predicted molar refractivity (Wildman–Crippen MR) is 120 cm³/mol. The van der Waals surface area contributed by atoms with Gasteiger partial charge in [0.15, 0.2) is 0 Å². The summed E-state index contributed by atoms with van der Waals surface area (Å²) in [4.78, 5) is 15.1. The third kappa shape index (κ3) is 4.03. The van der Waals surface area contributed by atoms with E-state index in [0.29, 0.717) is 23.9 Å². The molecule has 1 aromatic heterocycles. The van der Waals surface area contributed by atoms with E-state index in [1.165, 1.54) is 0 Å². The number of aliphatic hydroxyl groups is 1. The number of nitrogens with zero attached hydrogens (tertiary/aromatic N) is 1. The van der Waals surface area contributed by atoms with E-state index < -0.39 is 6.10 Å². The van der Waals surface area contributed by atoms with Gasteiger partial charge in [-0.3, -0.25) is 4.57 Å². The molecule has 4 rings (SSSR count). The van der Waals surface area contributed by atoms with Crippen LogP contribution in [0.1, 0.15) is 37.0 Å². The quantitative estimate of drug-likeness (QED) is 0.406. The van der Waals surface area contributed by atoms with Gasteiger partial charge in [0.1, 0.15) is 5.75 Å². The van der Waals surface area contributed by atoms with E-state index in [1.54, 1.807) is 4.57 Å². The first-order valence-corrected chi connectivity index (χ1v) is 11.3. The number of hydrogen-bond acceptors (Lipinski definition) is 4. The third-order valence-corrected chi connectivity index (χ3v) is 6.70. The molecule has 3 atom stereocenters. The highest BCUT2D eigenvalue weighted by atomic mass is 79.9. The molecule has 154 valence electrons. The molecule has 1 aliphatic heterocycles. The van der Waals surface area contributed by atoms with Crippen LogP contribution >= 0.6 is 31.9 Å². The highest BCUT2D eigenvalue weighted by Crippen LogP contribution is 2.33. The van der Waals surface area contributed by atoms with Crippen molar-refractivity contribution >= 4 is 42.9 Å². The Kier molecular flexibility index (Phi) is 5.88. The number of imidazole rings is 1. The summed E-state index contributed by atoms with van der Waals surface area (Å²) in [6, 6.07) is 9.33. The summed E-state index contributed by atoms with van der Waals surface area (Å²) in [5.41, 5.74) is 3.07. The van der Waals surface area contributed by atoms with Crippen LogP contribution in [0.3, 0.4) is 0 Å². The number of H-pyrrole nitrogens is 1. The maximum Gasteiger partial charge on any atom is 0.326 e. The van der Waals surface area contributed by atoms with Gasteiger partial charge in [-0.15, -0.1) is 0 Å². The summed E-state index contributed by atoms with van der Waals surface area (Å²) in [5, 5.41) is 24.8. The van der Waals surface area contributed by atoms with Gasteiger partial charge in [-0.1, -0.05) is 28.1 Å². The van der Waals surface area contributed by atoms with Gasteiger partial charge in [0, 0.05) is 28.7 Å². The van der Waals surface area contributed by atoms with Gasteiger partial charge in [0.25, 0.3) is 0 Å². The van der Waals surface area contributed by atoms with Crippen LogP contribution in [0.5, 0.6) is 5.75 Å². The van der Waals surface area contributed by atoms with E-state index in [-0.39, 0.29) is 23.5 Å². The van der Waals surface area contributed by atoms with Gasteiger partial charge in [0.05, 0.1) is 21.6 Å². The fourth-order valence-corrected chi connectivity index (χ4v) is 5.46. The van der Waals surface area contributed by atoms with Crippen molar-refractivity contribution in [3.63, 3.8) is 0 Å². The van der Waals surface area contributed by atoms with Crippen LogP contribution in [0.25, 0.3) is 11.0 Å². The van der Waals surface area contributed by atoms with Gasteiger partial charge in [-0.25, -0.2) is 4.79 Å². The molecule has 6 nitrogen and oxygen atoms in total. The van der Waals surface area contributed by atoms with Crippen LogP contribution in [0, 0.1) is 0 Å². The molecule has 0 spiro atoms. The molecule has 1 unspecified atom stereocenters. The molecule has 3 aromatic rings. The number of aliphatic hydroxyl groups excluding tert-OH is 1. The summed E-state index contributed by atoms with van der Waals surface area (Å²) in [7, 11) is 0. The van der Waals surface area contributed by atoms with Crippen molar-refractivity contribution in [3.05, 3.63) is 60.9 Å². The summed E-state index contributed by atoms with van der Waals surface area (Å²) in [5.74, 6) is 0.264. The predicted octanol–water partition coefficient (Wildman–Crippen LogP) is 3.98. The summed E-state index contributed by atoms with van der Waals surface area (Å²) >= 11 is 6.83. The average Bonchev–Trinajstić information content (AvgIpc) is 2.93. The van der Waals surface area contributed by atoms with Crippen molar-refractivity contribution in [1.82, 2.24) is 14.9 Å². The highest BCUT2D eigenvalue weighted by Gasteiger charge is 2.29. The maximum atomic E-state index is 12.3. The zero-order valence-corrected chi connectivity index (χ0v) is 19.1. The van der Waals surface area contributed by atoms with E-state index in [4.69, 9.17) is 0 Å². The number of para-hydroxylation sites is 1. The van der Waals surface area contributed by atoms with Crippen LogP contribution in [0.15, 0.2) is 44.1 Å². The molecule has 29 heavy (non-hydrogen) atoms. The molecule has 1 aliphatic rings. The number of aromatic nitrogens is 2. The number of aromatic amines is 1. The topological polar surface area (TPSA) is 90.3 Å². The second-order valence-corrected chi connectivity index (χ2v) is 9.44. The second-order valence-electron chi connectivity index (χ2n) is 7.67. The molecule has 0 amide bonds. The van der Waals surface area contributed by atoms with Gasteiger partial charge in [-0.05, 0) is 65.9 Å². The lowest BCUT2D eigenvalue weighted by molar-refractivity contribution is 0.119. The molecule has 0 radical (unpaired) electrons. The maximum absolute atomic E-state index is 12.3. The van der Waals surface area contributed by atoms with Crippen LogP contribution in [-0.4, -0.2) is 31.8 Å². The number of rotatable bonds is 5. The molecule has 0 fully saturated rings. The number of nitrogens with one attached hydrogen (secondary N) is 2. The Morgan fingerprint density at radius 1 is 1.34 bits per heavy atom. The van der Waals surface area contributed by atoms with E-state index in [1.807, 2.05) is 30.3 Å². The van der Waals surface area contributed by atoms with Crippen molar-refractivity contribution in [2.75, 3.05) is 0 Å². The first-order chi connectivity index (χ1) is 13.8. The van der Waals surface area contributed by atoms with Crippen molar-refractivity contribution < 1.29 is 10.2 Å². The zero-order valence-electron chi connectivity index (χ0n) is 16.0. The third-order valence-electron chi connectivity index (χ3n) is 5.64. The normalized spacial score (nSPS) is 20.0. The number of aromatic hydroxyl groups is 1. The fourth-order valence-electron chi connectivity index (χ4n) is 4.15. The van der Waals surface area contributed by atoms with Gasteiger partial charge in [-0.2, -0.15) is 0 Å². The van der Waals surface area contributed by atoms with Gasteiger partial charge in [0.2, 0.25) is 0 Å². The van der Waals surface area contributed by atoms with Crippen LogP contribution in [0.2, 0.25) is 0 Å². The molecule has 2 heterocycles. The second kappa shape index (κ2) is 8.26. The van der Waals surface area contributed by atoms with E-state index in [0.717, 1.165) is 33.1 Å². The first kappa shape index (κ1) is 20.7. The number of aryl methyl sites for hydroxylation is 2. The van der Waals surface area contributed by atoms with Crippen LogP contribution in [0.4, 0.5) is 0 Å². The Balaban J connectivity index is 1.48. The lowest BCUT2D eigenvalue weighted by Crippen LogP contribution is -2.41. The Hall–Kier alpha value is -1.61. The number of phenols is 1. The Morgan fingerprint density at radius 2 is 2.14 bits per heavy atom. The fraction of sp³-hybridized carbons (Fsp3) is 0.381. The standard InChI is InChI=1S/C21H23Br2N3O3/c1-11(5-6-12-9-13(22)10-15(23)19(12)27)24-17-7-8-26-18-14(20(17)28)3-2-4-16(18)25-21(26)29/h2-4,9-11,17,20,24,27-28H,5-8H2,1H3,(H,25,29)/t11?,17-,20-/m1/s1. The van der Waals surface area contributed by atoms with Gasteiger partial charge < -0.3 is 20.5 Å². The molecule has 0 saturated carbocycles. The zero-order chi connectivity index (χ0) is 20.7. The van der Waals surface area contributed by atoms with Gasteiger partial charge >= 0.3 is 5.69 Å². The minimum absolute atomic E-state index is 0.127. The average molecular weight is 525 g/mol.